The largest absolute Gasteiger partial charge is 0.384 e. The standard InChI is InChI=1S/C10H10BrNO/c11-9-3-5-10(6-4-9)12-7-1-2-8-13/h3-6,12-13H,7-8H2. The van der Waals surface area contributed by atoms with Crippen molar-refractivity contribution in [1.82, 2.24) is 0 Å². The summed E-state index contributed by atoms with van der Waals surface area (Å²) in [6.45, 7) is 0.476. The van der Waals surface area contributed by atoms with Crippen LogP contribution in [0.1, 0.15) is 0 Å². The average molecular weight is 240 g/mol. The molecule has 0 spiro atoms. The second-order valence-corrected chi connectivity index (χ2v) is 3.29. The molecule has 0 saturated heterocycles. The van der Waals surface area contributed by atoms with E-state index in [0.29, 0.717) is 6.54 Å². The van der Waals surface area contributed by atoms with Gasteiger partial charge in [-0.05, 0) is 24.3 Å². The SMILES string of the molecule is OCC#CCNc1ccc(Br)cc1. The molecule has 0 radical (unpaired) electrons. The van der Waals surface area contributed by atoms with E-state index < -0.39 is 0 Å². The maximum atomic E-state index is 8.39. The van der Waals surface area contributed by atoms with Crippen LogP contribution in [-0.2, 0) is 0 Å². The second kappa shape index (κ2) is 5.63. The van der Waals surface area contributed by atoms with Gasteiger partial charge in [0.15, 0.2) is 0 Å². The fraction of sp³-hybridized carbons (Fsp3) is 0.200. The zero-order chi connectivity index (χ0) is 9.52. The van der Waals surface area contributed by atoms with Gasteiger partial charge in [-0.2, -0.15) is 0 Å². The Kier molecular flexibility index (Phi) is 4.37. The first kappa shape index (κ1) is 10.1. The molecule has 0 aliphatic carbocycles. The van der Waals surface area contributed by atoms with Gasteiger partial charge in [0.05, 0.1) is 6.54 Å². The van der Waals surface area contributed by atoms with Crippen molar-refractivity contribution < 1.29 is 5.11 Å². The summed E-state index contributed by atoms with van der Waals surface area (Å²) >= 11 is 3.35. The van der Waals surface area contributed by atoms with Crippen molar-refractivity contribution in [3.05, 3.63) is 28.7 Å². The minimum Gasteiger partial charge on any atom is -0.384 e. The number of halogens is 1. The Labute approximate surface area is 86.1 Å². The third-order valence-corrected chi connectivity index (χ3v) is 1.96. The molecule has 0 bridgehead atoms. The van der Waals surface area contributed by atoms with Crippen LogP contribution in [0.2, 0.25) is 0 Å². The molecule has 0 fully saturated rings. The average Bonchev–Trinajstić information content (AvgIpc) is 2.15. The molecule has 68 valence electrons. The Morgan fingerprint density at radius 3 is 2.54 bits per heavy atom. The summed E-state index contributed by atoms with van der Waals surface area (Å²) in [7, 11) is 0. The third kappa shape index (κ3) is 3.97. The Balaban J connectivity index is 2.41. The highest BCUT2D eigenvalue weighted by Gasteiger charge is 1.88. The van der Waals surface area contributed by atoms with Crippen LogP contribution in [0.4, 0.5) is 5.69 Å². The molecule has 0 heterocycles. The molecule has 0 aliphatic heterocycles. The zero-order valence-corrected chi connectivity index (χ0v) is 8.63. The summed E-state index contributed by atoms with van der Waals surface area (Å²) in [6.07, 6.45) is 0. The van der Waals surface area contributed by atoms with E-state index in [1.807, 2.05) is 24.3 Å². The first-order valence-electron chi connectivity index (χ1n) is 3.89. The smallest absolute Gasteiger partial charge is 0.104 e. The van der Waals surface area contributed by atoms with Crippen LogP contribution in [0.5, 0.6) is 0 Å². The molecule has 1 aromatic rings. The van der Waals surface area contributed by atoms with E-state index in [9.17, 15) is 0 Å². The molecule has 0 saturated carbocycles. The van der Waals surface area contributed by atoms with Crippen LogP contribution in [0.15, 0.2) is 28.7 Å². The number of benzene rings is 1. The second-order valence-electron chi connectivity index (χ2n) is 2.37. The van der Waals surface area contributed by atoms with E-state index in [1.54, 1.807) is 0 Å². The summed E-state index contributed by atoms with van der Waals surface area (Å²) in [4.78, 5) is 0. The summed E-state index contributed by atoms with van der Waals surface area (Å²) in [5.41, 5.74) is 1.02. The number of hydrogen-bond acceptors (Lipinski definition) is 2. The maximum Gasteiger partial charge on any atom is 0.104 e. The molecule has 2 N–H and O–H groups in total. The molecule has 0 atom stereocenters. The van der Waals surface area contributed by atoms with Crippen molar-refractivity contribution >= 4 is 21.6 Å². The Hall–Kier alpha value is -0.980. The lowest BCUT2D eigenvalue weighted by Crippen LogP contribution is -1.98. The summed E-state index contributed by atoms with van der Waals surface area (Å²) in [5.74, 6) is 5.34. The van der Waals surface area contributed by atoms with E-state index in [-0.39, 0.29) is 6.61 Å². The Morgan fingerprint density at radius 1 is 1.23 bits per heavy atom. The van der Waals surface area contributed by atoms with E-state index in [0.717, 1.165) is 10.2 Å². The quantitative estimate of drug-likeness (QED) is 0.773. The van der Waals surface area contributed by atoms with Crippen LogP contribution in [-0.4, -0.2) is 18.3 Å². The number of nitrogens with one attached hydrogen (secondary N) is 1. The third-order valence-electron chi connectivity index (χ3n) is 1.43. The van der Waals surface area contributed by atoms with Crippen LogP contribution in [0.3, 0.4) is 0 Å². The molecular weight excluding hydrogens is 230 g/mol. The van der Waals surface area contributed by atoms with Gasteiger partial charge in [0.2, 0.25) is 0 Å². The van der Waals surface area contributed by atoms with Crippen molar-refractivity contribution in [2.75, 3.05) is 18.5 Å². The molecule has 0 aromatic heterocycles. The van der Waals surface area contributed by atoms with Crippen molar-refractivity contribution in [3.8, 4) is 11.8 Å². The fourth-order valence-electron chi connectivity index (χ4n) is 0.832. The van der Waals surface area contributed by atoms with Crippen molar-refractivity contribution in [2.24, 2.45) is 0 Å². The molecule has 1 aromatic carbocycles. The van der Waals surface area contributed by atoms with Crippen LogP contribution >= 0.6 is 15.9 Å². The summed E-state index contributed by atoms with van der Waals surface area (Å²) < 4.78 is 1.06. The van der Waals surface area contributed by atoms with Gasteiger partial charge in [-0.1, -0.05) is 27.8 Å². The Morgan fingerprint density at radius 2 is 1.92 bits per heavy atom. The zero-order valence-electron chi connectivity index (χ0n) is 7.05. The predicted molar refractivity (Wildman–Crippen MR) is 57.5 cm³/mol. The van der Waals surface area contributed by atoms with Gasteiger partial charge in [0.1, 0.15) is 6.61 Å². The maximum absolute atomic E-state index is 8.39. The van der Waals surface area contributed by atoms with Gasteiger partial charge in [0, 0.05) is 10.2 Å². The minimum absolute atomic E-state index is 0.0813. The van der Waals surface area contributed by atoms with E-state index in [2.05, 4.69) is 33.1 Å². The van der Waals surface area contributed by atoms with Crippen LogP contribution < -0.4 is 5.32 Å². The van der Waals surface area contributed by atoms with Crippen molar-refractivity contribution in [3.63, 3.8) is 0 Å². The van der Waals surface area contributed by atoms with Crippen molar-refractivity contribution in [2.45, 2.75) is 0 Å². The number of aliphatic hydroxyl groups excluding tert-OH is 1. The highest BCUT2D eigenvalue weighted by atomic mass is 79.9. The monoisotopic (exact) mass is 239 g/mol. The van der Waals surface area contributed by atoms with Crippen LogP contribution in [0.25, 0.3) is 0 Å². The lowest BCUT2D eigenvalue weighted by Gasteiger charge is -2.00. The lowest BCUT2D eigenvalue weighted by molar-refractivity contribution is 0.350. The molecule has 0 unspecified atom stereocenters. The number of hydrogen-bond donors (Lipinski definition) is 2. The molecule has 0 aliphatic rings. The van der Waals surface area contributed by atoms with E-state index >= 15 is 0 Å². The molecule has 1 rings (SSSR count). The number of rotatable bonds is 2. The summed E-state index contributed by atoms with van der Waals surface area (Å²) in [6, 6.07) is 7.85. The van der Waals surface area contributed by atoms with Gasteiger partial charge < -0.3 is 10.4 Å². The van der Waals surface area contributed by atoms with E-state index in [1.165, 1.54) is 0 Å². The lowest BCUT2D eigenvalue weighted by atomic mass is 10.3. The molecule has 13 heavy (non-hydrogen) atoms. The first-order valence-corrected chi connectivity index (χ1v) is 4.68. The topological polar surface area (TPSA) is 32.3 Å². The first-order chi connectivity index (χ1) is 6.33. The molecular formula is C10H10BrNO. The fourth-order valence-corrected chi connectivity index (χ4v) is 1.10. The highest BCUT2D eigenvalue weighted by Crippen LogP contribution is 2.13. The number of aliphatic hydroxyl groups is 1. The predicted octanol–water partition coefficient (Wildman–Crippen LogP) is 1.86. The normalized spacial score (nSPS) is 8.77. The van der Waals surface area contributed by atoms with Gasteiger partial charge in [-0.15, -0.1) is 0 Å². The van der Waals surface area contributed by atoms with Gasteiger partial charge in [-0.3, -0.25) is 0 Å². The molecule has 2 nitrogen and oxygen atoms in total. The highest BCUT2D eigenvalue weighted by molar-refractivity contribution is 9.10. The van der Waals surface area contributed by atoms with Gasteiger partial charge in [0.25, 0.3) is 0 Å². The van der Waals surface area contributed by atoms with E-state index in [4.69, 9.17) is 5.11 Å². The minimum atomic E-state index is -0.0813. The molecule has 3 heteroatoms. The number of anilines is 1. The van der Waals surface area contributed by atoms with Crippen LogP contribution in [0, 0.1) is 11.8 Å². The molecule has 0 amide bonds. The Bertz CT molecular complexity index is 310. The van der Waals surface area contributed by atoms with Gasteiger partial charge >= 0.3 is 0 Å². The summed E-state index contributed by atoms with van der Waals surface area (Å²) in [5, 5.41) is 11.5. The van der Waals surface area contributed by atoms with Crippen molar-refractivity contribution in [1.29, 1.82) is 0 Å². The van der Waals surface area contributed by atoms with Gasteiger partial charge in [-0.25, -0.2) is 0 Å².